The van der Waals surface area contributed by atoms with Gasteiger partial charge >= 0.3 is 0 Å². The van der Waals surface area contributed by atoms with Crippen LogP contribution in [-0.4, -0.2) is 16.4 Å². The molecular formula is C12H17N5O. The fraction of sp³-hybridized carbons (Fsp3) is 0.833. The van der Waals surface area contributed by atoms with E-state index in [9.17, 15) is 0 Å². The molecule has 1 aromatic heterocycles. The summed E-state index contributed by atoms with van der Waals surface area (Å²) < 4.78 is 4.52. The molecule has 0 unspecified atom stereocenters. The van der Waals surface area contributed by atoms with E-state index < -0.39 is 0 Å². The lowest BCUT2D eigenvalue weighted by Crippen LogP contribution is -2.47. The first kappa shape index (κ1) is 10.5. The Balaban J connectivity index is 1.55. The van der Waals surface area contributed by atoms with Crippen LogP contribution in [0.25, 0.3) is 0 Å². The molecule has 18 heavy (non-hydrogen) atoms. The molecule has 6 heteroatoms. The zero-order chi connectivity index (χ0) is 12.1. The molecule has 4 bridgehead atoms. The molecule has 0 amide bonds. The number of nitrogens with two attached hydrogens (primary N) is 1. The molecule has 0 saturated heterocycles. The first-order valence-corrected chi connectivity index (χ1v) is 6.78. The number of azo groups is 1. The summed E-state index contributed by atoms with van der Waals surface area (Å²) in [6.07, 6.45) is 6.80. The third-order valence-electron chi connectivity index (χ3n) is 4.96. The number of anilines is 1. The number of nitrogen functional groups attached to an aromatic ring is 1. The summed E-state index contributed by atoms with van der Waals surface area (Å²) >= 11 is 0. The van der Waals surface area contributed by atoms with E-state index in [4.69, 9.17) is 5.73 Å². The number of rotatable bonds is 2. The summed E-state index contributed by atoms with van der Waals surface area (Å²) in [6, 6.07) is 0.369. The van der Waals surface area contributed by atoms with Crippen LogP contribution in [-0.2, 0) is 0 Å². The first-order chi connectivity index (χ1) is 8.79. The van der Waals surface area contributed by atoms with Gasteiger partial charge in [-0.1, -0.05) is 0 Å². The van der Waals surface area contributed by atoms with E-state index in [-0.39, 0.29) is 5.82 Å². The molecule has 2 N–H and O–H groups in total. The quantitative estimate of drug-likeness (QED) is 0.813. The number of hydrogen-bond acceptors (Lipinski definition) is 6. The largest absolute Gasteiger partial charge is 0.378 e. The predicted molar refractivity (Wildman–Crippen MR) is 64.1 cm³/mol. The Morgan fingerprint density at radius 2 is 1.67 bits per heavy atom. The van der Waals surface area contributed by atoms with E-state index >= 15 is 0 Å². The highest BCUT2D eigenvalue weighted by Crippen LogP contribution is 2.54. The second-order valence-corrected chi connectivity index (χ2v) is 6.11. The lowest BCUT2D eigenvalue weighted by Gasteiger charge is -2.52. The van der Waals surface area contributed by atoms with E-state index in [1.165, 1.54) is 32.1 Å². The van der Waals surface area contributed by atoms with Crippen molar-refractivity contribution >= 4 is 11.6 Å². The Bertz CT molecular complexity index is 455. The molecule has 5 rings (SSSR count). The van der Waals surface area contributed by atoms with Crippen LogP contribution in [0.1, 0.15) is 32.1 Å². The SMILES string of the molecule is Nc1nonc1N=NC1C2CC3CC(C2)CC1C3. The normalized spacial score (nSPS) is 41.9. The maximum atomic E-state index is 5.58. The topological polar surface area (TPSA) is 89.7 Å². The molecule has 1 heterocycles. The van der Waals surface area contributed by atoms with Crippen molar-refractivity contribution in [2.45, 2.75) is 38.1 Å². The Kier molecular flexibility index (Phi) is 2.19. The van der Waals surface area contributed by atoms with Gasteiger partial charge in [-0.2, -0.15) is 5.11 Å². The highest BCUT2D eigenvalue weighted by Gasteiger charge is 2.48. The van der Waals surface area contributed by atoms with Crippen LogP contribution in [0.2, 0.25) is 0 Å². The third kappa shape index (κ3) is 1.54. The molecule has 0 aromatic carbocycles. The molecule has 0 radical (unpaired) electrons. The zero-order valence-electron chi connectivity index (χ0n) is 10.2. The maximum absolute atomic E-state index is 5.58. The van der Waals surface area contributed by atoms with E-state index in [0.29, 0.717) is 11.9 Å². The third-order valence-corrected chi connectivity index (χ3v) is 4.96. The molecule has 4 saturated carbocycles. The van der Waals surface area contributed by atoms with Crippen molar-refractivity contribution in [3.05, 3.63) is 0 Å². The van der Waals surface area contributed by atoms with E-state index in [1.807, 2.05) is 0 Å². The average molecular weight is 247 g/mol. The molecule has 96 valence electrons. The number of aromatic nitrogens is 2. The predicted octanol–water partition coefficient (Wildman–Crippen LogP) is 2.56. The average Bonchev–Trinajstić information content (AvgIpc) is 2.73. The number of hydrogen-bond donors (Lipinski definition) is 1. The van der Waals surface area contributed by atoms with Gasteiger partial charge < -0.3 is 5.73 Å². The molecule has 4 aliphatic rings. The lowest BCUT2D eigenvalue weighted by atomic mass is 9.54. The lowest BCUT2D eigenvalue weighted by molar-refractivity contribution is -0.000974. The van der Waals surface area contributed by atoms with Crippen LogP contribution >= 0.6 is 0 Å². The van der Waals surface area contributed by atoms with Gasteiger partial charge in [0.2, 0.25) is 5.82 Å². The molecule has 0 aliphatic heterocycles. The van der Waals surface area contributed by atoms with Gasteiger partial charge in [-0.05, 0) is 66.1 Å². The first-order valence-electron chi connectivity index (χ1n) is 6.78. The van der Waals surface area contributed by atoms with Gasteiger partial charge in [-0.15, -0.1) is 5.11 Å². The summed E-state index contributed by atoms with van der Waals surface area (Å²) in [7, 11) is 0. The Morgan fingerprint density at radius 3 is 2.22 bits per heavy atom. The second kappa shape index (κ2) is 3.76. The Hall–Kier alpha value is -1.46. The van der Waals surface area contributed by atoms with Crippen molar-refractivity contribution in [1.29, 1.82) is 0 Å². The molecule has 0 spiro atoms. The van der Waals surface area contributed by atoms with Gasteiger partial charge in [0, 0.05) is 0 Å². The monoisotopic (exact) mass is 247 g/mol. The van der Waals surface area contributed by atoms with Crippen LogP contribution in [0.5, 0.6) is 0 Å². The highest BCUT2D eigenvalue weighted by atomic mass is 16.6. The molecule has 0 atom stereocenters. The highest BCUT2D eigenvalue weighted by molar-refractivity contribution is 5.48. The minimum atomic E-state index is 0.225. The van der Waals surface area contributed by atoms with Crippen molar-refractivity contribution in [3.8, 4) is 0 Å². The molecule has 4 aliphatic carbocycles. The molecule has 6 nitrogen and oxygen atoms in total. The van der Waals surface area contributed by atoms with Gasteiger partial charge in [0.1, 0.15) is 0 Å². The van der Waals surface area contributed by atoms with Gasteiger partial charge in [0.05, 0.1) is 6.04 Å². The fourth-order valence-corrected chi connectivity index (χ4v) is 4.47. The van der Waals surface area contributed by atoms with Crippen LogP contribution < -0.4 is 5.73 Å². The summed E-state index contributed by atoms with van der Waals surface area (Å²) in [5.41, 5.74) is 5.58. The van der Waals surface area contributed by atoms with Crippen molar-refractivity contribution < 1.29 is 4.63 Å². The Labute approximate surface area is 105 Å². The summed E-state index contributed by atoms with van der Waals surface area (Å²) in [5, 5.41) is 15.8. The number of nitrogens with zero attached hydrogens (tertiary/aromatic N) is 4. The van der Waals surface area contributed by atoms with E-state index in [2.05, 4.69) is 25.2 Å². The van der Waals surface area contributed by atoms with Crippen LogP contribution in [0.3, 0.4) is 0 Å². The van der Waals surface area contributed by atoms with E-state index in [1.54, 1.807) is 0 Å². The van der Waals surface area contributed by atoms with Gasteiger partial charge in [-0.3, -0.25) is 0 Å². The van der Waals surface area contributed by atoms with Gasteiger partial charge in [-0.25, -0.2) is 4.63 Å². The summed E-state index contributed by atoms with van der Waals surface area (Å²) in [4.78, 5) is 0. The van der Waals surface area contributed by atoms with Gasteiger partial charge in [0.25, 0.3) is 5.82 Å². The smallest absolute Gasteiger partial charge is 0.261 e. The van der Waals surface area contributed by atoms with Crippen molar-refractivity contribution in [1.82, 2.24) is 10.3 Å². The van der Waals surface area contributed by atoms with Crippen LogP contribution in [0.4, 0.5) is 11.6 Å². The van der Waals surface area contributed by atoms with E-state index in [0.717, 1.165) is 23.7 Å². The maximum Gasteiger partial charge on any atom is 0.261 e. The van der Waals surface area contributed by atoms with Crippen molar-refractivity contribution in [3.63, 3.8) is 0 Å². The van der Waals surface area contributed by atoms with Crippen molar-refractivity contribution in [2.75, 3.05) is 5.73 Å². The van der Waals surface area contributed by atoms with Gasteiger partial charge in [0.15, 0.2) is 0 Å². The fourth-order valence-electron chi connectivity index (χ4n) is 4.47. The molecular weight excluding hydrogens is 230 g/mol. The zero-order valence-corrected chi connectivity index (χ0v) is 10.2. The van der Waals surface area contributed by atoms with Crippen LogP contribution in [0, 0.1) is 23.7 Å². The minimum absolute atomic E-state index is 0.225. The molecule has 4 fully saturated rings. The van der Waals surface area contributed by atoms with Crippen LogP contribution in [0.15, 0.2) is 14.9 Å². The Morgan fingerprint density at radius 1 is 1.00 bits per heavy atom. The van der Waals surface area contributed by atoms with Crippen molar-refractivity contribution in [2.24, 2.45) is 33.9 Å². The minimum Gasteiger partial charge on any atom is -0.378 e. The summed E-state index contributed by atoms with van der Waals surface area (Å²) in [6.45, 7) is 0. The molecule has 1 aromatic rings. The second-order valence-electron chi connectivity index (χ2n) is 6.11. The summed E-state index contributed by atoms with van der Waals surface area (Å²) in [5.74, 6) is 3.92. The standard InChI is InChI=1S/C12H17N5O/c13-11-12(17-18-16-11)15-14-10-8-2-6-1-7(4-8)5-9(10)3-6/h6-10H,1-5H2,(H2,13,16).